The summed E-state index contributed by atoms with van der Waals surface area (Å²) >= 11 is 11.7. The molecule has 19 heavy (non-hydrogen) atoms. The number of carbonyl (C=O) groups excluding carboxylic acids is 1. The summed E-state index contributed by atoms with van der Waals surface area (Å²) in [7, 11) is 0. The number of amides is 2. The van der Waals surface area contributed by atoms with E-state index in [4.69, 9.17) is 28.3 Å². The lowest BCUT2D eigenvalue weighted by molar-refractivity contribution is 0.0698. The van der Waals surface area contributed by atoms with Gasteiger partial charge in [0, 0.05) is 18.1 Å². The summed E-state index contributed by atoms with van der Waals surface area (Å²) in [5.41, 5.74) is -0.0894. The first-order valence-corrected chi connectivity index (χ1v) is 6.44. The van der Waals surface area contributed by atoms with E-state index in [1.54, 1.807) is 0 Å². The lowest BCUT2D eigenvalue weighted by atomic mass is 10.2. The highest BCUT2D eigenvalue weighted by atomic mass is 35.5. The minimum Gasteiger partial charge on any atom is -0.478 e. The Morgan fingerprint density at radius 1 is 1.26 bits per heavy atom. The number of anilines is 1. The number of halogens is 2. The number of hydrogen-bond donors (Lipinski definition) is 2. The average Bonchev–Trinajstić information content (AvgIpc) is 2.33. The molecule has 0 unspecified atom stereocenters. The van der Waals surface area contributed by atoms with Crippen molar-refractivity contribution >= 4 is 40.9 Å². The van der Waals surface area contributed by atoms with E-state index in [9.17, 15) is 9.59 Å². The van der Waals surface area contributed by atoms with Gasteiger partial charge in [0.25, 0.3) is 0 Å². The second-order valence-corrected chi connectivity index (χ2v) is 4.56. The third kappa shape index (κ3) is 3.75. The summed E-state index contributed by atoms with van der Waals surface area (Å²) in [6, 6.07) is 2.22. The van der Waals surface area contributed by atoms with Gasteiger partial charge >= 0.3 is 12.0 Å². The SMILES string of the molecule is CCN(CC)C(=O)Nc1c(Cl)cc(Cl)cc1C(=O)O. The van der Waals surface area contributed by atoms with E-state index >= 15 is 0 Å². The fourth-order valence-electron chi connectivity index (χ4n) is 1.57. The molecule has 0 aliphatic carbocycles. The number of carboxylic acid groups (broad SMARTS) is 1. The van der Waals surface area contributed by atoms with Crippen molar-refractivity contribution in [2.75, 3.05) is 18.4 Å². The van der Waals surface area contributed by atoms with Crippen molar-refractivity contribution in [3.63, 3.8) is 0 Å². The van der Waals surface area contributed by atoms with E-state index in [0.717, 1.165) is 0 Å². The van der Waals surface area contributed by atoms with Gasteiger partial charge in [-0.05, 0) is 26.0 Å². The van der Waals surface area contributed by atoms with Gasteiger partial charge in [-0.3, -0.25) is 0 Å². The van der Waals surface area contributed by atoms with Gasteiger partial charge in [0.05, 0.1) is 16.3 Å². The van der Waals surface area contributed by atoms with E-state index in [1.807, 2.05) is 13.8 Å². The number of benzene rings is 1. The Bertz CT molecular complexity index is 502. The van der Waals surface area contributed by atoms with E-state index in [-0.39, 0.29) is 21.3 Å². The number of carbonyl (C=O) groups is 2. The van der Waals surface area contributed by atoms with Gasteiger partial charge in [-0.1, -0.05) is 23.2 Å². The summed E-state index contributed by atoms with van der Waals surface area (Å²) in [4.78, 5) is 24.6. The Morgan fingerprint density at radius 3 is 2.32 bits per heavy atom. The van der Waals surface area contributed by atoms with Gasteiger partial charge in [0.1, 0.15) is 0 Å². The number of nitrogens with zero attached hydrogens (tertiary/aromatic N) is 1. The van der Waals surface area contributed by atoms with Crippen LogP contribution in [0.4, 0.5) is 10.5 Å². The smallest absolute Gasteiger partial charge is 0.337 e. The third-order valence-electron chi connectivity index (χ3n) is 2.57. The van der Waals surface area contributed by atoms with Crippen molar-refractivity contribution in [2.45, 2.75) is 13.8 Å². The average molecular weight is 305 g/mol. The number of rotatable bonds is 4. The summed E-state index contributed by atoms with van der Waals surface area (Å²) < 4.78 is 0. The van der Waals surface area contributed by atoms with E-state index in [2.05, 4.69) is 5.32 Å². The van der Waals surface area contributed by atoms with Gasteiger partial charge in [-0.2, -0.15) is 0 Å². The maximum Gasteiger partial charge on any atom is 0.337 e. The normalized spacial score (nSPS) is 10.1. The number of urea groups is 1. The van der Waals surface area contributed by atoms with Crippen LogP contribution < -0.4 is 5.32 Å². The number of aromatic carboxylic acids is 1. The molecule has 0 heterocycles. The van der Waals surface area contributed by atoms with Crippen LogP contribution in [0, 0.1) is 0 Å². The first-order valence-electron chi connectivity index (χ1n) is 5.68. The van der Waals surface area contributed by atoms with Crippen LogP contribution >= 0.6 is 23.2 Å². The van der Waals surface area contributed by atoms with Gasteiger partial charge in [0.15, 0.2) is 0 Å². The molecule has 0 fully saturated rings. The molecular weight excluding hydrogens is 291 g/mol. The van der Waals surface area contributed by atoms with Crippen LogP contribution in [0.3, 0.4) is 0 Å². The van der Waals surface area contributed by atoms with Crippen LogP contribution in [0.1, 0.15) is 24.2 Å². The van der Waals surface area contributed by atoms with E-state index in [0.29, 0.717) is 13.1 Å². The standard InChI is InChI=1S/C12H14Cl2N2O3/c1-3-16(4-2)12(19)15-10-8(11(17)18)5-7(13)6-9(10)14/h5-6H,3-4H2,1-2H3,(H,15,19)(H,17,18). The quantitative estimate of drug-likeness (QED) is 0.893. The van der Waals surface area contributed by atoms with Gasteiger partial charge in [0.2, 0.25) is 0 Å². The Balaban J connectivity index is 3.13. The lowest BCUT2D eigenvalue weighted by Crippen LogP contribution is -2.35. The molecule has 5 nitrogen and oxygen atoms in total. The summed E-state index contributed by atoms with van der Waals surface area (Å²) in [6.45, 7) is 4.67. The molecule has 1 aromatic rings. The zero-order chi connectivity index (χ0) is 14.6. The van der Waals surface area contributed by atoms with Crippen LogP contribution in [0.2, 0.25) is 10.0 Å². The van der Waals surface area contributed by atoms with Gasteiger partial charge in [-0.15, -0.1) is 0 Å². The van der Waals surface area contributed by atoms with Crippen molar-refractivity contribution in [3.8, 4) is 0 Å². The van der Waals surface area contributed by atoms with Gasteiger partial charge in [-0.25, -0.2) is 9.59 Å². The van der Waals surface area contributed by atoms with E-state index in [1.165, 1.54) is 17.0 Å². The molecule has 0 saturated carbocycles. The molecule has 2 amide bonds. The lowest BCUT2D eigenvalue weighted by Gasteiger charge is -2.20. The number of carboxylic acids is 1. The molecular formula is C12H14Cl2N2O3. The largest absolute Gasteiger partial charge is 0.478 e. The molecule has 7 heteroatoms. The predicted molar refractivity (Wildman–Crippen MR) is 75.4 cm³/mol. The Morgan fingerprint density at radius 2 is 1.84 bits per heavy atom. The molecule has 0 aromatic heterocycles. The first-order chi connectivity index (χ1) is 8.90. The summed E-state index contributed by atoms with van der Waals surface area (Å²) in [5, 5.41) is 11.9. The molecule has 0 saturated heterocycles. The fraction of sp³-hybridized carbons (Fsp3) is 0.333. The van der Waals surface area contributed by atoms with Crippen LogP contribution in [-0.4, -0.2) is 35.1 Å². The Hall–Kier alpha value is -1.46. The summed E-state index contributed by atoms with van der Waals surface area (Å²) in [6.07, 6.45) is 0. The number of hydrogen-bond acceptors (Lipinski definition) is 2. The zero-order valence-electron chi connectivity index (χ0n) is 10.5. The monoisotopic (exact) mass is 304 g/mol. The minimum absolute atomic E-state index is 0.0514. The topological polar surface area (TPSA) is 69.6 Å². The van der Waals surface area contributed by atoms with Crippen molar-refractivity contribution < 1.29 is 14.7 Å². The summed E-state index contributed by atoms with van der Waals surface area (Å²) in [5.74, 6) is -1.21. The third-order valence-corrected chi connectivity index (χ3v) is 3.08. The molecule has 1 rings (SSSR count). The van der Waals surface area contributed by atoms with Crippen molar-refractivity contribution in [3.05, 3.63) is 27.7 Å². The molecule has 0 spiro atoms. The molecule has 0 aliphatic rings. The molecule has 2 N–H and O–H groups in total. The highest BCUT2D eigenvalue weighted by Gasteiger charge is 2.19. The fourth-order valence-corrected chi connectivity index (χ4v) is 2.11. The molecule has 0 bridgehead atoms. The maximum atomic E-state index is 11.9. The predicted octanol–water partition coefficient (Wildman–Crippen LogP) is 3.57. The molecule has 0 aliphatic heterocycles. The molecule has 104 valence electrons. The number of nitrogens with one attached hydrogen (secondary N) is 1. The maximum absolute atomic E-state index is 11.9. The second-order valence-electron chi connectivity index (χ2n) is 3.72. The van der Waals surface area contributed by atoms with Crippen LogP contribution in [-0.2, 0) is 0 Å². The Labute approximate surface area is 121 Å². The molecule has 1 aromatic carbocycles. The van der Waals surface area contributed by atoms with Crippen LogP contribution in [0.15, 0.2) is 12.1 Å². The van der Waals surface area contributed by atoms with Crippen molar-refractivity contribution in [1.29, 1.82) is 0 Å². The molecule has 0 radical (unpaired) electrons. The Kier molecular flexibility index (Phi) is 5.44. The zero-order valence-corrected chi connectivity index (χ0v) is 12.0. The minimum atomic E-state index is -1.21. The van der Waals surface area contributed by atoms with Gasteiger partial charge < -0.3 is 15.3 Å². The van der Waals surface area contributed by atoms with Crippen molar-refractivity contribution in [2.24, 2.45) is 0 Å². The van der Waals surface area contributed by atoms with Crippen LogP contribution in [0.5, 0.6) is 0 Å². The second kappa shape index (κ2) is 6.63. The first kappa shape index (κ1) is 15.6. The molecule has 0 atom stereocenters. The highest BCUT2D eigenvalue weighted by molar-refractivity contribution is 6.37. The van der Waals surface area contributed by atoms with Crippen molar-refractivity contribution in [1.82, 2.24) is 4.90 Å². The van der Waals surface area contributed by atoms with E-state index < -0.39 is 12.0 Å². The highest BCUT2D eigenvalue weighted by Crippen LogP contribution is 2.30. The van der Waals surface area contributed by atoms with Crippen LogP contribution in [0.25, 0.3) is 0 Å².